The van der Waals surface area contributed by atoms with E-state index in [9.17, 15) is 9.79 Å². The molecule has 0 unspecified atom stereocenters. The van der Waals surface area contributed by atoms with Crippen LogP contribution in [0, 0.1) is 0 Å². The quantitative estimate of drug-likeness (QED) is 0.638. The van der Waals surface area contributed by atoms with E-state index in [2.05, 4.69) is 25.1 Å². The van der Waals surface area contributed by atoms with Crippen molar-refractivity contribution >= 4 is 21.9 Å². The lowest BCUT2D eigenvalue weighted by atomic mass is 9.81. The van der Waals surface area contributed by atoms with Gasteiger partial charge in [-0.05, 0) is 22.5 Å². The molecule has 4 N–H and O–H groups in total. The molecule has 0 heterocycles. The van der Waals surface area contributed by atoms with Gasteiger partial charge in [-0.2, -0.15) is 9.79 Å². The van der Waals surface area contributed by atoms with Crippen LogP contribution in [0.15, 0.2) is 18.2 Å². The predicted octanol–water partition coefficient (Wildman–Crippen LogP) is 2.88. The summed E-state index contributed by atoms with van der Waals surface area (Å²) in [6.45, 7) is 12.1. The van der Waals surface area contributed by atoms with Crippen molar-refractivity contribution in [2.45, 2.75) is 52.4 Å². The summed E-state index contributed by atoms with van der Waals surface area (Å²) in [4.78, 5) is 38.1. The lowest BCUT2D eigenvalue weighted by Crippen LogP contribution is -2.27. The van der Waals surface area contributed by atoms with Gasteiger partial charge in [-0.15, -0.1) is 0 Å². The van der Waals surface area contributed by atoms with Crippen molar-refractivity contribution in [1.29, 1.82) is 0 Å². The van der Waals surface area contributed by atoms with E-state index in [0.717, 1.165) is 11.1 Å². The van der Waals surface area contributed by atoms with Gasteiger partial charge in [0.05, 0.1) is 0 Å². The van der Waals surface area contributed by atoms with Crippen LogP contribution < -0.4 is 5.30 Å². The van der Waals surface area contributed by atoms with Gasteiger partial charge in [0.15, 0.2) is 5.30 Å². The van der Waals surface area contributed by atoms with E-state index in [1.165, 1.54) is 0 Å². The van der Waals surface area contributed by atoms with E-state index in [1.807, 2.05) is 32.9 Å². The molecule has 0 radical (unpaired) electrons. The Hall–Kier alpha value is -0.120. The number of hydrogen-bond donors (Lipinski definition) is 4. The van der Waals surface area contributed by atoms with Crippen LogP contribution in [-0.2, 0) is 15.1 Å². The maximum Gasteiger partial charge on any atom is 0.452 e. The minimum absolute atomic E-state index is 0.0774. The summed E-state index contributed by atoms with van der Waals surface area (Å²) >= 11 is 0. The summed E-state index contributed by atoms with van der Waals surface area (Å²) < 4.78 is 4.58. The highest BCUT2D eigenvalue weighted by Gasteiger charge is 2.47. The Kier molecular flexibility index (Phi) is 5.56. The smallest absolute Gasteiger partial charge is 0.326 e. The molecule has 0 saturated heterocycles. The van der Waals surface area contributed by atoms with Crippen LogP contribution in [0.5, 0.6) is 0 Å². The number of benzene rings is 1. The van der Waals surface area contributed by atoms with E-state index in [0.29, 0.717) is 0 Å². The summed E-state index contributed by atoms with van der Waals surface area (Å²) in [5, 5.41) is 0.221. The van der Waals surface area contributed by atoms with E-state index in [-0.39, 0.29) is 16.1 Å². The van der Waals surface area contributed by atoms with Crippen molar-refractivity contribution in [2.24, 2.45) is 0 Å². The first-order valence-electron chi connectivity index (χ1n) is 6.63. The van der Waals surface area contributed by atoms with Crippen molar-refractivity contribution in [3.8, 4) is 0 Å². The molecule has 0 fully saturated rings. The summed E-state index contributed by atoms with van der Waals surface area (Å²) in [5.41, 5.74) is 1.37. The van der Waals surface area contributed by atoms with E-state index >= 15 is 0 Å². The average molecular weight is 335 g/mol. The number of hydrogen-bond acceptors (Lipinski definition) is 5. The fourth-order valence-corrected chi connectivity index (χ4v) is 4.15. The molecule has 7 heteroatoms. The van der Waals surface area contributed by atoms with Gasteiger partial charge >= 0.3 is 16.5 Å². The number of rotatable bonds is 3. The first kappa shape index (κ1) is 18.9. The zero-order chi connectivity index (χ0) is 16.6. The van der Waals surface area contributed by atoms with Gasteiger partial charge in [-0.1, -0.05) is 58.0 Å². The molecule has 0 atom stereocenters. The molecule has 1 aromatic rings. The van der Waals surface area contributed by atoms with Crippen LogP contribution in [0.2, 0.25) is 0 Å². The van der Waals surface area contributed by atoms with Crippen LogP contribution in [0.3, 0.4) is 0 Å². The third kappa shape index (κ3) is 4.94. The van der Waals surface area contributed by atoms with Crippen LogP contribution >= 0.6 is 16.5 Å². The van der Waals surface area contributed by atoms with E-state index in [4.69, 9.17) is 9.79 Å². The monoisotopic (exact) mass is 335 g/mol. The van der Waals surface area contributed by atoms with Crippen LogP contribution in [0.4, 0.5) is 0 Å². The van der Waals surface area contributed by atoms with Gasteiger partial charge in [0.2, 0.25) is 0 Å². The maximum absolute atomic E-state index is 10.1. The first-order chi connectivity index (χ1) is 9.25. The van der Waals surface area contributed by atoms with Crippen molar-refractivity contribution < 1.29 is 23.9 Å². The van der Waals surface area contributed by atoms with E-state index in [1.54, 1.807) is 6.07 Å². The SMILES string of the molecule is CC(C)(C)c1ccc([P+](O)(O)OP(O)O)c(C(C)(C)C)c1. The fraction of sp³-hybridized carbons (Fsp3) is 0.571. The van der Waals surface area contributed by atoms with Gasteiger partial charge in [0, 0.05) is 5.56 Å². The molecule has 0 saturated carbocycles. The Labute approximate surface area is 128 Å². The van der Waals surface area contributed by atoms with Crippen LogP contribution in [-0.4, -0.2) is 19.6 Å². The standard InChI is InChI=1S/C14H25O5P2/c1-13(2,3)10-7-8-12(11(9-10)14(4,5)6)21(17,18)19-20(15)16/h7-9,15-18H,1-6H3/q+1. The van der Waals surface area contributed by atoms with Gasteiger partial charge in [-0.3, -0.25) is 0 Å². The normalized spacial score (nSPS) is 13.9. The zero-order valence-electron chi connectivity index (χ0n) is 13.3. The third-order valence-corrected chi connectivity index (χ3v) is 5.68. The highest BCUT2D eigenvalue weighted by Crippen LogP contribution is 2.59. The highest BCUT2D eigenvalue weighted by molar-refractivity contribution is 7.72. The second-order valence-corrected chi connectivity index (χ2v) is 9.84. The Bertz CT molecular complexity index is 501. The average Bonchev–Trinajstić information content (AvgIpc) is 2.24. The minimum atomic E-state index is -4.03. The van der Waals surface area contributed by atoms with Crippen molar-refractivity contribution in [3.63, 3.8) is 0 Å². The summed E-state index contributed by atoms with van der Waals surface area (Å²) in [6.07, 6.45) is 0. The van der Waals surface area contributed by atoms with Gasteiger partial charge < -0.3 is 9.79 Å². The first-order valence-corrected chi connectivity index (χ1v) is 9.40. The summed E-state index contributed by atoms with van der Waals surface area (Å²) in [7, 11) is -6.87. The molecule has 0 aliphatic rings. The van der Waals surface area contributed by atoms with Gasteiger partial charge in [0.25, 0.3) is 0 Å². The molecular weight excluding hydrogens is 310 g/mol. The second kappa shape index (κ2) is 6.17. The lowest BCUT2D eigenvalue weighted by molar-refractivity contribution is 0.310. The Morgan fingerprint density at radius 2 is 1.48 bits per heavy atom. The predicted molar refractivity (Wildman–Crippen MR) is 87.3 cm³/mol. The minimum Gasteiger partial charge on any atom is -0.326 e. The van der Waals surface area contributed by atoms with Crippen LogP contribution in [0.25, 0.3) is 0 Å². The summed E-state index contributed by atoms with van der Waals surface area (Å²) in [6, 6.07) is 5.34. The van der Waals surface area contributed by atoms with Gasteiger partial charge in [0.1, 0.15) is 0 Å². The molecule has 5 nitrogen and oxygen atoms in total. The Morgan fingerprint density at radius 1 is 0.952 bits per heavy atom. The van der Waals surface area contributed by atoms with Crippen molar-refractivity contribution in [3.05, 3.63) is 29.3 Å². The molecule has 120 valence electrons. The largest absolute Gasteiger partial charge is 0.452 e. The Morgan fingerprint density at radius 3 is 1.86 bits per heavy atom. The summed E-state index contributed by atoms with van der Waals surface area (Å²) in [5.74, 6) is 0. The zero-order valence-corrected chi connectivity index (χ0v) is 15.1. The molecule has 1 aromatic carbocycles. The van der Waals surface area contributed by atoms with Crippen molar-refractivity contribution in [2.75, 3.05) is 0 Å². The molecule has 0 amide bonds. The fourth-order valence-electron chi connectivity index (χ4n) is 2.00. The third-order valence-electron chi connectivity index (χ3n) is 3.17. The molecule has 0 aliphatic heterocycles. The second-order valence-electron chi connectivity index (χ2n) is 7.11. The van der Waals surface area contributed by atoms with Gasteiger partial charge in [-0.25, -0.2) is 0 Å². The van der Waals surface area contributed by atoms with Crippen molar-refractivity contribution in [1.82, 2.24) is 0 Å². The van der Waals surface area contributed by atoms with E-state index < -0.39 is 16.5 Å². The molecule has 0 aromatic heterocycles. The molecule has 0 aliphatic carbocycles. The molecule has 0 spiro atoms. The topological polar surface area (TPSA) is 90.2 Å². The maximum atomic E-state index is 10.1. The Balaban J connectivity index is 3.46. The molecule has 21 heavy (non-hydrogen) atoms. The molecule has 1 rings (SSSR count). The highest BCUT2D eigenvalue weighted by atomic mass is 31.3. The molecule has 0 bridgehead atoms. The van der Waals surface area contributed by atoms with Crippen LogP contribution in [0.1, 0.15) is 52.7 Å². The molecular formula is C14H25O5P2+. The lowest BCUT2D eigenvalue weighted by Gasteiger charge is -2.27.